The van der Waals surface area contributed by atoms with Crippen LogP contribution in [0.25, 0.3) is 0 Å². The summed E-state index contributed by atoms with van der Waals surface area (Å²) in [7, 11) is -1.97. The summed E-state index contributed by atoms with van der Waals surface area (Å²) in [6.45, 7) is 2.42. The molecule has 5 rings (SSSR count). The number of methoxy groups -OCH3 is 1. The molecule has 3 aromatic rings. The first-order chi connectivity index (χ1) is 17.4. The molecule has 2 aliphatic rings. The highest BCUT2D eigenvalue weighted by Gasteiger charge is 2.41. The number of hydrogen-bond acceptors (Lipinski definition) is 6. The average molecular weight is 510 g/mol. The van der Waals surface area contributed by atoms with Crippen molar-refractivity contribution in [1.82, 2.24) is 4.90 Å². The number of ether oxygens (including phenoxy) is 1. The molecule has 36 heavy (non-hydrogen) atoms. The van der Waals surface area contributed by atoms with E-state index in [0.717, 1.165) is 29.8 Å². The SMILES string of the molecule is COc1cc(F)ccc1N1CCN(C(C2CCc3ccccc3N2)S(=O)(=O)Cc2ccccc2)CC1. The van der Waals surface area contributed by atoms with Crippen molar-refractivity contribution in [3.05, 3.63) is 89.7 Å². The minimum absolute atomic E-state index is 0.00430. The number of rotatable bonds is 7. The Morgan fingerprint density at radius 2 is 1.72 bits per heavy atom. The molecule has 0 saturated carbocycles. The first-order valence-electron chi connectivity index (χ1n) is 12.4. The Labute approximate surface area is 212 Å². The smallest absolute Gasteiger partial charge is 0.172 e. The van der Waals surface area contributed by atoms with Crippen LogP contribution in [-0.4, -0.2) is 58.0 Å². The Morgan fingerprint density at radius 1 is 1.00 bits per heavy atom. The number of halogens is 1. The summed E-state index contributed by atoms with van der Waals surface area (Å²) in [6.07, 6.45) is 1.60. The van der Waals surface area contributed by atoms with Gasteiger partial charge in [0.25, 0.3) is 0 Å². The molecule has 0 radical (unpaired) electrons. The highest BCUT2D eigenvalue weighted by molar-refractivity contribution is 7.91. The molecular formula is C28H32FN3O3S. The fourth-order valence-corrected chi connectivity index (χ4v) is 7.63. The van der Waals surface area contributed by atoms with E-state index < -0.39 is 15.2 Å². The minimum atomic E-state index is -3.51. The van der Waals surface area contributed by atoms with Gasteiger partial charge in [0.05, 0.1) is 24.6 Å². The topological polar surface area (TPSA) is 61.9 Å². The zero-order valence-corrected chi connectivity index (χ0v) is 21.3. The van der Waals surface area contributed by atoms with Crippen LogP contribution in [0.15, 0.2) is 72.8 Å². The molecule has 8 heteroatoms. The second-order valence-corrected chi connectivity index (χ2v) is 11.6. The van der Waals surface area contributed by atoms with Gasteiger partial charge in [0.2, 0.25) is 0 Å². The molecule has 2 unspecified atom stereocenters. The Hall–Kier alpha value is -3.10. The lowest BCUT2D eigenvalue weighted by atomic mass is 9.97. The van der Waals surface area contributed by atoms with Crippen molar-refractivity contribution >= 4 is 21.2 Å². The number of anilines is 2. The van der Waals surface area contributed by atoms with Gasteiger partial charge in [-0.1, -0.05) is 48.5 Å². The van der Waals surface area contributed by atoms with Crippen LogP contribution in [0.2, 0.25) is 0 Å². The lowest BCUT2D eigenvalue weighted by Gasteiger charge is -2.44. The van der Waals surface area contributed by atoms with E-state index in [4.69, 9.17) is 4.74 Å². The molecule has 0 aliphatic carbocycles. The molecule has 190 valence electrons. The van der Waals surface area contributed by atoms with Gasteiger partial charge in [0.15, 0.2) is 9.84 Å². The van der Waals surface area contributed by atoms with Gasteiger partial charge in [0.1, 0.15) is 16.9 Å². The molecule has 0 spiro atoms. The van der Waals surface area contributed by atoms with E-state index >= 15 is 0 Å². The average Bonchev–Trinajstić information content (AvgIpc) is 2.89. The molecule has 0 aromatic heterocycles. The van der Waals surface area contributed by atoms with Crippen molar-refractivity contribution in [2.24, 2.45) is 0 Å². The number of sulfone groups is 1. The third-order valence-electron chi connectivity index (χ3n) is 7.16. The number of nitrogens with one attached hydrogen (secondary N) is 1. The molecule has 6 nitrogen and oxygen atoms in total. The second-order valence-electron chi connectivity index (χ2n) is 9.47. The van der Waals surface area contributed by atoms with Crippen molar-refractivity contribution in [2.75, 3.05) is 43.5 Å². The summed E-state index contributed by atoms with van der Waals surface area (Å²) >= 11 is 0. The van der Waals surface area contributed by atoms with Gasteiger partial charge in [-0.2, -0.15) is 0 Å². The Balaban J connectivity index is 1.39. The molecule has 1 fully saturated rings. The van der Waals surface area contributed by atoms with Gasteiger partial charge in [-0.15, -0.1) is 0 Å². The fraction of sp³-hybridized carbons (Fsp3) is 0.357. The molecule has 2 heterocycles. The van der Waals surface area contributed by atoms with Crippen LogP contribution >= 0.6 is 0 Å². The number of aryl methyl sites for hydroxylation is 1. The highest BCUT2D eigenvalue weighted by atomic mass is 32.2. The number of nitrogens with zero attached hydrogens (tertiary/aromatic N) is 2. The van der Waals surface area contributed by atoms with E-state index in [-0.39, 0.29) is 17.6 Å². The summed E-state index contributed by atoms with van der Waals surface area (Å²) in [4.78, 5) is 4.25. The number of fused-ring (bicyclic) bond motifs is 1. The minimum Gasteiger partial charge on any atom is -0.494 e. The molecule has 2 atom stereocenters. The van der Waals surface area contributed by atoms with Crippen LogP contribution in [0.5, 0.6) is 5.75 Å². The summed E-state index contributed by atoms with van der Waals surface area (Å²) in [5.74, 6) is 0.150. The number of para-hydroxylation sites is 1. The van der Waals surface area contributed by atoms with Crippen molar-refractivity contribution in [2.45, 2.75) is 30.0 Å². The quantitative estimate of drug-likeness (QED) is 0.512. The van der Waals surface area contributed by atoms with Crippen molar-refractivity contribution in [3.8, 4) is 5.75 Å². The van der Waals surface area contributed by atoms with E-state index in [1.54, 1.807) is 6.07 Å². The molecule has 0 amide bonds. The van der Waals surface area contributed by atoms with E-state index in [9.17, 15) is 12.8 Å². The summed E-state index contributed by atoms with van der Waals surface area (Å²) in [5, 5.41) is 2.91. The van der Waals surface area contributed by atoms with Crippen molar-refractivity contribution in [1.29, 1.82) is 0 Å². The van der Waals surface area contributed by atoms with Gasteiger partial charge in [0, 0.05) is 37.9 Å². The normalized spacial score (nSPS) is 19.3. The van der Waals surface area contributed by atoms with Crippen molar-refractivity contribution < 1.29 is 17.5 Å². The van der Waals surface area contributed by atoms with Crippen LogP contribution in [0.1, 0.15) is 17.5 Å². The highest BCUT2D eigenvalue weighted by Crippen LogP contribution is 2.33. The molecular weight excluding hydrogens is 477 g/mol. The Bertz CT molecular complexity index is 1290. The molecule has 0 bridgehead atoms. The summed E-state index contributed by atoms with van der Waals surface area (Å²) in [5.41, 5.74) is 3.87. The number of piperazine rings is 1. The van der Waals surface area contributed by atoms with Crippen LogP contribution in [0.3, 0.4) is 0 Å². The fourth-order valence-electron chi connectivity index (χ4n) is 5.43. The van der Waals surface area contributed by atoms with Crippen LogP contribution in [0.4, 0.5) is 15.8 Å². The Kier molecular flexibility index (Phi) is 7.16. The van der Waals surface area contributed by atoms with E-state index in [0.29, 0.717) is 31.9 Å². The van der Waals surface area contributed by atoms with E-state index in [1.807, 2.05) is 48.5 Å². The van der Waals surface area contributed by atoms with Gasteiger partial charge >= 0.3 is 0 Å². The van der Waals surface area contributed by atoms with Gasteiger partial charge in [-0.05, 0) is 42.2 Å². The van der Waals surface area contributed by atoms with Crippen LogP contribution < -0.4 is 15.0 Å². The zero-order chi connectivity index (χ0) is 25.1. The van der Waals surface area contributed by atoms with E-state index in [2.05, 4.69) is 21.2 Å². The van der Waals surface area contributed by atoms with E-state index in [1.165, 1.54) is 24.8 Å². The van der Waals surface area contributed by atoms with Gasteiger partial charge in [-0.3, -0.25) is 4.90 Å². The van der Waals surface area contributed by atoms with Gasteiger partial charge < -0.3 is 15.0 Å². The zero-order valence-electron chi connectivity index (χ0n) is 20.4. The second kappa shape index (κ2) is 10.5. The maximum Gasteiger partial charge on any atom is 0.172 e. The standard InChI is InChI=1S/C28H32FN3O3S/c1-35-27-19-23(29)12-14-26(27)31-15-17-32(18-16-31)28(36(33,34)20-21-7-3-2-4-8-21)25-13-11-22-9-5-6-10-24(22)30-25/h2-10,12,14,19,25,28,30H,11,13,15-18,20H2,1H3. The van der Waals surface area contributed by atoms with Crippen molar-refractivity contribution in [3.63, 3.8) is 0 Å². The molecule has 3 aromatic carbocycles. The third-order valence-corrected chi connectivity index (χ3v) is 9.26. The van der Waals surface area contributed by atoms with Gasteiger partial charge in [-0.25, -0.2) is 12.8 Å². The first-order valence-corrected chi connectivity index (χ1v) is 14.1. The predicted octanol–water partition coefficient (Wildman–Crippen LogP) is 4.32. The number of hydrogen-bond donors (Lipinski definition) is 1. The molecule has 2 aliphatic heterocycles. The summed E-state index contributed by atoms with van der Waals surface area (Å²) < 4.78 is 47.0. The van der Waals surface area contributed by atoms with Crippen LogP contribution in [0, 0.1) is 5.82 Å². The predicted molar refractivity (Wildman–Crippen MR) is 142 cm³/mol. The Morgan fingerprint density at radius 3 is 2.47 bits per heavy atom. The number of benzene rings is 3. The lowest BCUT2D eigenvalue weighted by Crippen LogP contribution is -2.58. The summed E-state index contributed by atoms with van der Waals surface area (Å²) in [6, 6.07) is 21.9. The third kappa shape index (κ3) is 5.20. The van der Waals surface area contributed by atoms with Crippen LogP contribution in [-0.2, 0) is 22.0 Å². The molecule has 1 N–H and O–H groups in total. The maximum absolute atomic E-state index is 13.9. The lowest BCUT2D eigenvalue weighted by molar-refractivity contribution is 0.211. The molecule has 1 saturated heterocycles. The first kappa shape index (κ1) is 24.6. The largest absolute Gasteiger partial charge is 0.494 e. The maximum atomic E-state index is 13.9. The monoisotopic (exact) mass is 509 g/mol.